The van der Waals surface area contributed by atoms with Crippen molar-refractivity contribution in [3.05, 3.63) is 29.8 Å². The summed E-state index contributed by atoms with van der Waals surface area (Å²) >= 11 is 0. The lowest BCUT2D eigenvalue weighted by Crippen LogP contribution is -2.41. The number of hydrogen-bond donors (Lipinski definition) is 1. The van der Waals surface area contributed by atoms with Gasteiger partial charge in [-0.1, -0.05) is 19.1 Å². The Balaban J connectivity index is 2.79. The number of nitrogens with zero attached hydrogens (tertiary/aromatic N) is 2. The Kier molecular flexibility index (Phi) is 6.52. The third-order valence-corrected chi connectivity index (χ3v) is 3.52. The average Bonchev–Trinajstić information content (AvgIpc) is 2.45. The predicted octanol–water partition coefficient (Wildman–Crippen LogP) is 2.23. The first kappa shape index (κ1) is 16.5. The van der Waals surface area contributed by atoms with Crippen molar-refractivity contribution in [1.29, 1.82) is 0 Å². The zero-order chi connectivity index (χ0) is 15.1. The molecule has 0 saturated carbocycles. The topological polar surface area (TPSA) is 49.6 Å². The van der Waals surface area contributed by atoms with Crippen molar-refractivity contribution in [2.45, 2.75) is 39.8 Å². The van der Waals surface area contributed by atoms with Crippen molar-refractivity contribution in [3.8, 4) is 0 Å². The predicted molar refractivity (Wildman–Crippen MR) is 84.7 cm³/mol. The van der Waals surface area contributed by atoms with Gasteiger partial charge in [-0.15, -0.1) is 0 Å². The van der Waals surface area contributed by atoms with Crippen molar-refractivity contribution in [2.24, 2.45) is 5.73 Å². The van der Waals surface area contributed by atoms with Crippen LogP contribution in [0.3, 0.4) is 0 Å². The fourth-order valence-corrected chi connectivity index (χ4v) is 1.98. The smallest absolute Gasteiger partial charge is 0.242 e. The molecule has 0 aliphatic rings. The second-order valence-electron chi connectivity index (χ2n) is 5.39. The van der Waals surface area contributed by atoms with Crippen molar-refractivity contribution in [1.82, 2.24) is 4.90 Å². The molecular weight excluding hydrogens is 250 g/mol. The number of nitrogens with two attached hydrogens (primary N) is 1. The normalized spacial score (nSPS) is 10.7. The van der Waals surface area contributed by atoms with E-state index in [1.807, 2.05) is 45.2 Å². The molecular formula is C16H27N3O. The highest BCUT2D eigenvalue weighted by molar-refractivity contribution is 5.81. The van der Waals surface area contributed by atoms with E-state index >= 15 is 0 Å². The van der Waals surface area contributed by atoms with Crippen LogP contribution in [0.4, 0.5) is 5.69 Å². The summed E-state index contributed by atoms with van der Waals surface area (Å²) in [7, 11) is 1.86. The van der Waals surface area contributed by atoms with Gasteiger partial charge in [0.05, 0.1) is 6.54 Å². The zero-order valence-electron chi connectivity index (χ0n) is 13.1. The molecule has 4 nitrogen and oxygen atoms in total. The van der Waals surface area contributed by atoms with Gasteiger partial charge in [-0.3, -0.25) is 4.79 Å². The van der Waals surface area contributed by atoms with Crippen LogP contribution in [-0.2, 0) is 11.3 Å². The van der Waals surface area contributed by atoms with Crippen LogP contribution in [0, 0.1) is 0 Å². The molecule has 1 aromatic carbocycles. The molecule has 0 radical (unpaired) electrons. The molecule has 0 aliphatic carbocycles. The zero-order valence-corrected chi connectivity index (χ0v) is 13.1. The van der Waals surface area contributed by atoms with Crippen LogP contribution in [0.15, 0.2) is 24.3 Å². The summed E-state index contributed by atoms with van der Waals surface area (Å²) in [5, 5.41) is 0. The van der Waals surface area contributed by atoms with E-state index in [1.54, 1.807) is 4.90 Å². The Morgan fingerprint density at radius 1 is 1.25 bits per heavy atom. The van der Waals surface area contributed by atoms with Gasteiger partial charge in [0.1, 0.15) is 0 Å². The highest BCUT2D eigenvalue weighted by Crippen LogP contribution is 2.16. The second kappa shape index (κ2) is 7.90. The van der Waals surface area contributed by atoms with Crippen LogP contribution >= 0.6 is 0 Å². The number of benzene rings is 1. The lowest BCUT2D eigenvalue weighted by molar-refractivity contribution is -0.129. The Bertz CT molecular complexity index is 414. The number of amides is 1. The van der Waals surface area contributed by atoms with Gasteiger partial charge in [0.15, 0.2) is 0 Å². The molecule has 2 N–H and O–H groups in total. The van der Waals surface area contributed by atoms with Crippen molar-refractivity contribution >= 4 is 11.6 Å². The van der Waals surface area contributed by atoms with Gasteiger partial charge in [0.25, 0.3) is 0 Å². The highest BCUT2D eigenvalue weighted by atomic mass is 16.2. The standard InChI is InChI=1S/C16H27N3O/c1-5-10-19(12-16(20)18(4)13(2)3)15-8-6-14(11-17)7-9-15/h6-9,13H,5,10-12,17H2,1-4H3. The lowest BCUT2D eigenvalue weighted by Gasteiger charge is -2.28. The maximum atomic E-state index is 12.2. The quantitative estimate of drug-likeness (QED) is 0.831. The molecule has 1 rings (SSSR count). The van der Waals surface area contributed by atoms with Gasteiger partial charge < -0.3 is 15.5 Å². The lowest BCUT2D eigenvalue weighted by atomic mass is 10.2. The summed E-state index contributed by atoms with van der Waals surface area (Å²) in [5.74, 6) is 0.149. The molecule has 1 aromatic rings. The number of likely N-dealkylation sites (N-methyl/N-ethyl adjacent to an activating group) is 1. The van der Waals surface area contributed by atoms with E-state index in [0.29, 0.717) is 13.1 Å². The summed E-state index contributed by atoms with van der Waals surface area (Å²) in [6.45, 7) is 8.02. The maximum Gasteiger partial charge on any atom is 0.242 e. The number of anilines is 1. The van der Waals surface area contributed by atoms with Gasteiger partial charge in [-0.2, -0.15) is 0 Å². The number of carbonyl (C=O) groups is 1. The molecule has 1 amide bonds. The molecule has 0 aromatic heterocycles. The number of rotatable bonds is 7. The summed E-state index contributed by atoms with van der Waals surface area (Å²) in [5.41, 5.74) is 7.80. The molecule has 0 fully saturated rings. The monoisotopic (exact) mass is 277 g/mol. The highest BCUT2D eigenvalue weighted by Gasteiger charge is 2.16. The molecule has 20 heavy (non-hydrogen) atoms. The van der Waals surface area contributed by atoms with E-state index in [2.05, 4.69) is 11.8 Å². The van der Waals surface area contributed by atoms with Crippen molar-refractivity contribution < 1.29 is 4.79 Å². The molecule has 0 bridgehead atoms. The molecule has 4 heteroatoms. The van der Waals surface area contributed by atoms with Gasteiger partial charge >= 0.3 is 0 Å². The Labute approximate surface area is 122 Å². The van der Waals surface area contributed by atoms with E-state index in [9.17, 15) is 4.79 Å². The van der Waals surface area contributed by atoms with Gasteiger partial charge in [-0.25, -0.2) is 0 Å². The van der Waals surface area contributed by atoms with Gasteiger partial charge in [-0.05, 0) is 38.0 Å². The maximum absolute atomic E-state index is 12.2. The SMILES string of the molecule is CCCN(CC(=O)N(C)C(C)C)c1ccc(CN)cc1. The fourth-order valence-electron chi connectivity index (χ4n) is 1.98. The summed E-state index contributed by atoms with van der Waals surface area (Å²) in [6.07, 6.45) is 1.01. The third kappa shape index (κ3) is 4.53. The van der Waals surface area contributed by atoms with Crippen molar-refractivity contribution in [3.63, 3.8) is 0 Å². The largest absolute Gasteiger partial charge is 0.362 e. The summed E-state index contributed by atoms with van der Waals surface area (Å²) < 4.78 is 0. The first-order chi connectivity index (χ1) is 9.49. The minimum Gasteiger partial charge on any atom is -0.362 e. The summed E-state index contributed by atoms with van der Waals surface area (Å²) in [6, 6.07) is 8.36. The average molecular weight is 277 g/mol. The van der Waals surface area contributed by atoms with E-state index in [0.717, 1.165) is 24.2 Å². The molecule has 0 heterocycles. The van der Waals surface area contributed by atoms with E-state index in [1.165, 1.54) is 0 Å². The van der Waals surface area contributed by atoms with Crippen LogP contribution in [-0.4, -0.2) is 37.0 Å². The third-order valence-electron chi connectivity index (χ3n) is 3.52. The molecule has 0 unspecified atom stereocenters. The van der Waals surface area contributed by atoms with Crippen molar-refractivity contribution in [2.75, 3.05) is 25.0 Å². The molecule has 0 spiro atoms. The van der Waals surface area contributed by atoms with E-state index in [4.69, 9.17) is 5.73 Å². The summed E-state index contributed by atoms with van der Waals surface area (Å²) in [4.78, 5) is 16.1. The Morgan fingerprint density at radius 2 is 1.85 bits per heavy atom. The Hall–Kier alpha value is -1.55. The first-order valence-corrected chi connectivity index (χ1v) is 7.29. The fraction of sp³-hybridized carbons (Fsp3) is 0.562. The van der Waals surface area contributed by atoms with Crippen LogP contribution in [0.25, 0.3) is 0 Å². The number of hydrogen-bond acceptors (Lipinski definition) is 3. The van der Waals surface area contributed by atoms with Crippen LogP contribution in [0.2, 0.25) is 0 Å². The number of carbonyl (C=O) groups excluding carboxylic acids is 1. The van der Waals surface area contributed by atoms with Gasteiger partial charge in [0, 0.05) is 31.9 Å². The minimum atomic E-state index is 0.149. The minimum absolute atomic E-state index is 0.149. The van der Waals surface area contributed by atoms with Gasteiger partial charge in [0.2, 0.25) is 5.91 Å². The Morgan fingerprint density at radius 3 is 2.30 bits per heavy atom. The van der Waals surface area contributed by atoms with Crippen LogP contribution in [0.1, 0.15) is 32.8 Å². The molecule has 112 valence electrons. The van der Waals surface area contributed by atoms with Crippen LogP contribution < -0.4 is 10.6 Å². The molecule has 0 atom stereocenters. The molecule has 0 saturated heterocycles. The van der Waals surface area contributed by atoms with E-state index < -0.39 is 0 Å². The molecule has 0 aliphatic heterocycles. The van der Waals surface area contributed by atoms with Crippen LogP contribution in [0.5, 0.6) is 0 Å². The first-order valence-electron chi connectivity index (χ1n) is 7.29. The van der Waals surface area contributed by atoms with E-state index in [-0.39, 0.29) is 11.9 Å². The second-order valence-corrected chi connectivity index (χ2v) is 5.39.